The van der Waals surface area contributed by atoms with Crippen molar-refractivity contribution < 1.29 is 5.11 Å². The Bertz CT molecular complexity index is 331. The lowest BCUT2D eigenvalue weighted by molar-refractivity contribution is -0.0122. The van der Waals surface area contributed by atoms with Gasteiger partial charge in [-0.3, -0.25) is 0 Å². The van der Waals surface area contributed by atoms with Crippen molar-refractivity contribution in [1.82, 2.24) is 5.32 Å². The Hall–Kier alpha value is -0.0900. The summed E-state index contributed by atoms with van der Waals surface area (Å²) in [5, 5.41) is 16.5. The second kappa shape index (κ2) is 4.42. The molecule has 4 heteroatoms. The average Bonchev–Trinajstić information content (AvgIpc) is 2.66. The van der Waals surface area contributed by atoms with E-state index in [1.807, 2.05) is 18.4 Å². The van der Waals surface area contributed by atoms with Crippen LogP contribution in [0.3, 0.4) is 0 Å². The molecular formula is C11H16ClNOS. The Morgan fingerprint density at radius 2 is 2.47 bits per heavy atom. The van der Waals surface area contributed by atoms with Gasteiger partial charge in [-0.2, -0.15) is 0 Å². The van der Waals surface area contributed by atoms with E-state index in [0.717, 1.165) is 30.8 Å². The zero-order chi connectivity index (χ0) is 10.9. The number of thiophene rings is 1. The molecule has 1 fully saturated rings. The van der Waals surface area contributed by atoms with Gasteiger partial charge in [0.15, 0.2) is 0 Å². The molecule has 0 radical (unpaired) electrons. The zero-order valence-electron chi connectivity index (χ0n) is 8.79. The van der Waals surface area contributed by atoms with Gasteiger partial charge in [0, 0.05) is 12.5 Å². The molecule has 15 heavy (non-hydrogen) atoms. The number of rotatable bonds is 2. The van der Waals surface area contributed by atoms with Gasteiger partial charge in [0.05, 0.1) is 9.90 Å². The van der Waals surface area contributed by atoms with E-state index < -0.39 is 5.60 Å². The first kappa shape index (κ1) is 11.4. The first-order valence-corrected chi connectivity index (χ1v) is 6.54. The second-order valence-electron chi connectivity index (χ2n) is 4.29. The molecule has 0 saturated carbocycles. The minimum Gasteiger partial charge on any atom is -0.384 e. The molecular weight excluding hydrogens is 230 g/mol. The molecule has 2 nitrogen and oxygen atoms in total. The van der Waals surface area contributed by atoms with Crippen molar-refractivity contribution in [3.8, 4) is 0 Å². The average molecular weight is 246 g/mol. The standard InChI is InChI=1S/C11H16ClNOS/c1-11(14,8-3-2-5-13-7-8)10-9(12)4-6-15-10/h4,6,8,13-14H,2-3,5,7H2,1H3. The topological polar surface area (TPSA) is 32.3 Å². The molecule has 0 aromatic carbocycles. The van der Waals surface area contributed by atoms with Crippen LogP contribution in [0.5, 0.6) is 0 Å². The zero-order valence-corrected chi connectivity index (χ0v) is 10.4. The van der Waals surface area contributed by atoms with Crippen LogP contribution in [0.15, 0.2) is 11.4 Å². The van der Waals surface area contributed by atoms with Gasteiger partial charge in [0.1, 0.15) is 5.60 Å². The lowest BCUT2D eigenvalue weighted by atomic mass is 9.82. The van der Waals surface area contributed by atoms with Gasteiger partial charge in [-0.1, -0.05) is 11.6 Å². The summed E-state index contributed by atoms with van der Waals surface area (Å²) in [4.78, 5) is 0.901. The van der Waals surface area contributed by atoms with Crippen molar-refractivity contribution >= 4 is 22.9 Å². The molecule has 0 spiro atoms. The Kier molecular flexibility index (Phi) is 3.36. The van der Waals surface area contributed by atoms with Crippen molar-refractivity contribution in [3.63, 3.8) is 0 Å². The Morgan fingerprint density at radius 1 is 1.67 bits per heavy atom. The van der Waals surface area contributed by atoms with E-state index in [1.54, 1.807) is 11.3 Å². The van der Waals surface area contributed by atoms with Crippen LogP contribution in [0, 0.1) is 5.92 Å². The van der Waals surface area contributed by atoms with Crippen LogP contribution in [0.2, 0.25) is 5.02 Å². The van der Waals surface area contributed by atoms with Gasteiger partial charge in [0.25, 0.3) is 0 Å². The summed E-state index contributed by atoms with van der Waals surface area (Å²) in [5.74, 6) is 0.266. The Labute approximate surface area is 99.3 Å². The van der Waals surface area contributed by atoms with E-state index >= 15 is 0 Å². The first-order chi connectivity index (χ1) is 7.12. The molecule has 0 aliphatic carbocycles. The number of aliphatic hydroxyl groups is 1. The van der Waals surface area contributed by atoms with E-state index in [1.165, 1.54) is 0 Å². The molecule has 2 N–H and O–H groups in total. The van der Waals surface area contributed by atoms with Crippen LogP contribution in [0.4, 0.5) is 0 Å². The normalized spacial score (nSPS) is 26.2. The van der Waals surface area contributed by atoms with Gasteiger partial charge in [0.2, 0.25) is 0 Å². The molecule has 2 heterocycles. The molecule has 0 amide bonds. The fourth-order valence-electron chi connectivity index (χ4n) is 2.17. The maximum atomic E-state index is 10.6. The minimum absolute atomic E-state index is 0.266. The van der Waals surface area contributed by atoms with Gasteiger partial charge in [-0.05, 0) is 37.8 Å². The van der Waals surface area contributed by atoms with E-state index in [2.05, 4.69) is 5.32 Å². The van der Waals surface area contributed by atoms with E-state index in [-0.39, 0.29) is 5.92 Å². The molecule has 0 bridgehead atoms. The highest BCUT2D eigenvalue weighted by Crippen LogP contribution is 2.40. The number of piperidine rings is 1. The minimum atomic E-state index is -0.793. The predicted molar refractivity (Wildman–Crippen MR) is 64.5 cm³/mol. The van der Waals surface area contributed by atoms with Crippen molar-refractivity contribution in [1.29, 1.82) is 0 Å². The van der Waals surface area contributed by atoms with Crippen LogP contribution in [-0.4, -0.2) is 18.2 Å². The van der Waals surface area contributed by atoms with Gasteiger partial charge < -0.3 is 10.4 Å². The maximum Gasteiger partial charge on any atom is 0.101 e. The van der Waals surface area contributed by atoms with Gasteiger partial charge >= 0.3 is 0 Å². The largest absolute Gasteiger partial charge is 0.384 e. The third-order valence-corrected chi connectivity index (χ3v) is 4.74. The smallest absolute Gasteiger partial charge is 0.101 e. The summed E-state index contributed by atoms with van der Waals surface area (Å²) in [7, 11) is 0. The van der Waals surface area contributed by atoms with Gasteiger partial charge in [-0.25, -0.2) is 0 Å². The molecule has 2 unspecified atom stereocenters. The molecule has 1 aliphatic rings. The van der Waals surface area contributed by atoms with Crippen molar-refractivity contribution in [2.24, 2.45) is 5.92 Å². The highest BCUT2D eigenvalue weighted by atomic mass is 35.5. The van der Waals surface area contributed by atoms with E-state index in [9.17, 15) is 5.11 Å². The summed E-state index contributed by atoms with van der Waals surface area (Å²) < 4.78 is 0. The third kappa shape index (κ3) is 2.21. The molecule has 1 saturated heterocycles. The summed E-state index contributed by atoms with van der Waals surface area (Å²) in [6.07, 6.45) is 2.19. The molecule has 1 aromatic rings. The summed E-state index contributed by atoms with van der Waals surface area (Å²) >= 11 is 7.61. The Morgan fingerprint density at radius 3 is 3.00 bits per heavy atom. The second-order valence-corrected chi connectivity index (χ2v) is 5.61. The number of hydrogen-bond acceptors (Lipinski definition) is 3. The van der Waals surface area contributed by atoms with Crippen molar-refractivity contribution in [2.75, 3.05) is 13.1 Å². The highest BCUT2D eigenvalue weighted by Gasteiger charge is 2.36. The van der Waals surface area contributed by atoms with Gasteiger partial charge in [-0.15, -0.1) is 11.3 Å². The summed E-state index contributed by atoms with van der Waals surface area (Å²) in [6.45, 7) is 3.81. The quantitative estimate of drug-likeness (QED) is 0.840. The predicted octanol–water partition coefficient (Wildman–Crippen LogP) is 2.61. The fraction of sp³-hybridized carbons (Fsp3) is 0.636. The Balaban J connectivity index is 2.21. The summed E-state index contributed by atoms with van der Waals surface area (Å²) in [5.41, 5.74) is -0.793. The fourth-order valence-corrected chi connectivity index (χ4v) is 3.56. The molecule has 1 aliphatic heterocycles. The highest BCUT2D eigenvalue weighted by molar-refractivity contribution is 7.10. The third-order valence-electron chi connectivity index (χ3n) is 3.17. The number of nitrogens with one attached hydrogen (secondary N) is 1. The summed E-state index contributed by atoms with van der Waals surface area (Å²) in [6, 6.07) is 1.85. The van der Waals surface area contributed by atoms with Crippen LogP contribution in [-0.2, 0) is 5.60 Å². The maximum absolute atomic E-state index is 10.6. The van der Waals surface area contributed by atoms with Crippen LogP contribution < -0.4 is 5.32 Å². The molecule has 84 valence electrons. The molecule has 2 atom stereocenters. The SMILES string of the molecule is CC(O)(c1sccc1Cl)C1CCCNC1. The molecule has 1 aromatic heterocycles. The van der Waals surface area contributed by atoms with Crippen LogP contribution in [0.1, 0.15) is 24.6 Å². The monoisotopic (exact) mass is 245 g/mol. The first-order valence-electron chi connectivity index (χ1n) is 5.29. The van der Waals surface area contributed by atoms with Crippen molar-refractivity contribution in [3.05, 3.63) is 21.3 Å². The number of hydrogen-bond donors (Lipinski definition) is 2. The van der Waals surface area contributed by atoms with Crippen LogP contribution in [0.25, 0.3) is 0 Å². The molecule has 2 rings (SSSR count). The lowest BCUT2D eigenvalue weighted by Crippen LogP contribution is -2.42. The number of halogens is 1. The van der Waals surface area contributed by atoms with E-state index in [0.29, 0.717) is 5.02 Å². The van der Waals surface area contributed by atoms with E-state index in [4.69, 9.17) is 11.6 Å². The lowest BCUT2D eigenvalue weighted by Gasteiger charge is -2.35. The van der Waals surface area contributed by atoms with Crippen molar-refractivity contribution in [2.45, 2.75) is 25.4 Å². The van der Waals surface area contributed by atoms with Crippen LogP contribution >= 0.6 is 22.9 Å².